The minimum atomic E-state index is 0.439. The van der Waals surface area contributed by atoms with Gasteiger partial charge in [-0.25, -0.2) is 0 Å². The molecule has 20 heavy (non-hydrogen) atoms. The van der Waals surface area contributed by atoms with E-state index in [1.54, 1.807) is 9.20 Å². The van der Waals surface area contributed by atoms with Crippen molar-refractivity contribution in [2.75, 3.05) is 11.9 Å². The van der Waals surface area contributed by atoms with Crippen molar-refractivity contribution in [3.8, 4) is 0 Å². The third-order valence-corrected chi connectivity index (χ3v) is 3.44. The number of nitrogens with zero attached hydrogens (tertiary/aromatic N) is 6. The van der Waals surface area contributed by atoms with Gasteiger partial charge in [0.15, 0.2) is 0 Å². The smallest absolute Gasteiger partial charge is 0.255 e. The molecule has 3 aromatic heterocycles. The van der Waals surface area contributed by atoms with E-state index in [1.807, 2.05) is 26.4 Å². The van der Waals surface area contributed by atoms with Crippen LogP contribution in [0.3, 0.4) is 0 Å². The first kappa shape index (κ1) is 12.9. The molecule has 3 heterocycles. The summed E-state index contributed by atoms with van der Waals surface area (Å²) in [6, 6.07) is 0. The maximum atomic E-state index is 6.10. The van der Waals surface area contributed by atoms with E-state index in [0.29, 0.717) is 10.9 Å². The average molecular weight is 292 g/mol. The number of fused-ring (bicyclic) bond motifs is 1. The Morgan fingerprint density at radius 2 is 2.20 bits per heavy atom. The summed E-state index contributed by atoms with van der Waals surface area (Å²) in [5.41, 5.74) is 2.03. The van der Waals surface area contributed by atoms with Gasteiger partial charge in [-0.3, -0.25) is 4.68 Å². The lowest BCUT2D eigenvalue weighted by molar-refractivity contribution is 0.766. The Bertz CT molecular complexity index is 745. The van der Waals surface area contributed by atoms with Gasteiger partial charge in [-0.15, -0.1) is 0 Å². The molecular weight excluding hydrogens is 278 g/mol. The summed E-state index contributed by atoms with van der Waals surface area (Å²) in [7, 11) is 1.91. The van der Waals surface area contributed by atoms with Crippen LogP contribution in [0.15, 0.2) is 18.7 Å². The number of anilines is 1. The van der Waals surface area contributed by atoms with E-state index < -0.39 is 0 Å². The summed E-state index contributed by atoms with van der Waals surface area (Å²) in [5, 5.41) is 12.1. The van der Waals surface area contributed by atoms with Gasteiger partial charge in [0, 0.05) is 25.4 Å². The molecule has 0 amide bonds. The van der Waals surface area contributed by atoms with E-state index in [1.165, 1.54) is 11.9 Å². The lowest BCUT2D eigenvalue weighted by Crippen LogP contribution is -2.11. The Balaban J connectivity index is 1.80. The second-order valence-electron chi connectivity index (χ2n) is 4.55. The Labute approximate surface area is 120 Å². The van der Waals surface area contributed by atoms with E-state index in [-0.39, 0.29) is 0 Å². The fraction of sp³-hybridized carbons (Fsp3) is 0.333. The van der Waals surface area contributed by atoms with E-state index in [4.69, 9.17) is 11.6 Å². The number of hydrogen-bond donors (Lipinski definition) is 1. The zero-order chi connectivity index (χ0) is 14.1. The second kappa shape index (κ2) is 5.09. The first-order valence-electron chi connectivity index (χ1n) is 6.22. The SMILES string of the molecule is Cc1c(Cl)nc2ncnn2c1NCCc1cnn(C)c1. The molecule has 0 aromatic carbocycles. The third-order valence-electron chi connectivity index (χ3n) is 3.07. The molecular formula is C12H14ClN7. The highest BCUT2D eigenvalue weighted by Crippen LogP contribution is 2.21. The summed E-state index contributed by atoms with van der Waals surface area (Å²) in [5.74, 6) is 1.31. The van der Waals surface area contributed by atoms with Crippen molar-refractivity contribution in [2.24, 2.45) is 7.05 Å². The lowest BCUT2D eigenvalue weighted by atomic mass is 10.2. The Hall–Kier alpha value is -2.15. The van der Waals surface area contributed by atoms with E-state index >= 15 is 0 Å². The molecule has 0 unspecified atom stereocenters. The number of nitrogens with one attached hydrogen (secondary N) is 1. The lowest BCUT2D eigenvalue weighted by Gasteiger charge is -2.11. The molecule has 1 N–H and O–H groups in total. The van der Waals surface area contributed by atoms with Crippen LogP contribution < -0.4 is 5.32 Å². The molecule has 0 saturated carbocycles. The third kappa shape index (κ3) is 2.32. The van der Waals surface area contributed by atoms with Crippen molar-refractivity contribution in [1.82, 2.24) is 29.4 Å². The summed E-state index contributed by atoms with van der Waals surface area (Å²) in [6.07, 6.45) is 6.19. The zero-order valence-corrected chi connectivity index (χ0v) is 12.0. The van der Waals surface area contributed by atoms with Crippen molar-refractivity contribution < 1.29 is 0 Å². The molecule has 3 rings (SSSR count). The monoisotopic (exact) mass is 291 g/mol. The van der Waals surface area contributed by atoms with Crippen LogP contribution in [0.5, 0.6) is 0 Å². The molecule has 0 bridgehead atoms. The topological polar surface area (TPSA) is 72.9 Å². The molecule has 0 aliphatic carbocycles. The molecule has 0 spiro atoms. The predicted octanol–water partition coefficient (Wildman–Crippen LogP) is 1.47. The molecule has 0 fully saturated rings. The second-order valence-corrected chi connectivity index (χ2v) is 4.91. The van der Waals surface area contributed by atoms with Gasteiger partial charge in [-0.05, 0) is 18.9 Å². The molecule has 0 aliphatic heterocycles. The van der Waals surface area contributed by atoms with Crippen molar-refractivity contribution in [2.45, 2.75) is 13.3 Å². The van der Waals surface area contributed by atoms with E-state index in [9.17, 15) is 0 Å². The number of aromatic nitrogens is 6. The molecule has 3 aromatic rings. The number of halogens is 1. The minimum absolute atomic E-state index is 0.439. The largest absolute Gasteiger partial charge is 0.369 e. The van der Waals surface area contributed by atoms with Gasteiger partial charge >= 0.3 is 0 Å². The van der Waals surface area contributed by atoms with Crippen LogP contribution in [0.4, 0.5) is 5.82 Å². The van der Waals surface area contributed by atoms with Crippen LogP contribution >= 0.6 is 11.6 Å². The Morgan fingerprint density at radius 3 is 2.95 bits per heavy atom. The standard InChI is InChI=1S/C12H14ClN7/c1-8-10(13)18-12-15-7-17-20(12)11(8)14-4-3-9-5-16-19(2)6-9/h5-7,14H,3-4H2,1-2H3. The van der Waals surface area contributed by atoms with Crippen LogP contribution in [0.2, 0.25) is 5.15 Å². The molecule has 8 heteroatoms. The fourth-order valence-corrected chi connectivity index (χ4v) is 2.20. The summed E-state index contributed by atoms with van der Waals surface area (Å²) >= 11 is 6.10. The maximum Gasteiger partial charge on any atom is 0.255 e. The van der Waals surface area contributed by atoms with Gasteiger partial charge in [-0.1, -0.05) is 11.6 Å². The average Bonchev–Trinajstić information content (AvgIpc) is 3.03. The highest BCUT2D eigenvalue weighted by Gasteiger charge is 2.11. The number of hydrogen-bond acceptors (Lipinski definition) is 5. The van der Waals surface area contributed by atoms with Crippen LogP contribution in [-0.4, -0.2) is 35.9 Å². The maximum absolute atomic E-state index is 6.10. The van der Waals surface area contributed by atoms with Crippen LogP contribution in [-0.2, 0) is 13.5 Å². The van der Waals surface area contributed by atoms with Crippen LogP contribution in [0, 0.1) is 6.92 Å². The molecule has 7 nitrogen and oxygen atoms in total. The minimum Gasteiger partial charge on any atom is -0.369 e. The predicted molar refractivity (Wildman–Crippen MR) is 75.9 cm³/mol. The molecule has 0 atom stereocenters. The summed E-state index contributed by atoms with van der Waals surface area (Å²) in [4.78, 5) is 8.22. The van der Waals surface area contributed by atoms with E-state index in [0.717, 1.165) is 24.3 Å². The summed E-state index contributed by atoms with van der Waals surface area (Å²) < 4.78 is 3.45. The number of aryl methyl sites for hydroxylation is 1. The van der Waals surface area contributed by atoms with Crippen LogP contribution in [0.1, 0.15) is 11.1 Å². The molecule has 0 saturated heterocycles. The number of rotatable bonds is 4. The first-order valence-corrected chi connectivity index (χ1v) is 6.60. The zero-order valence-electron chi connectivity index (χ0n) is 11.2. The van der Waals surface area contributed by atoms with Gasteiger partial charge in [0.25, 0.3) is 5.78 Å². The fourth-order valence-electron chi connectivity index (χ4n) is 2.03. The van der Waals surface area contributed by atoms with Crippen molar-refractivity contribution in [3.63, 3.8) is 0 Å². The molecule has 0 radical (unpaired) electrons. The van der Waals surface area contributed by atoms with E-state index in [2.05, 4.69) is 25.5 Å². The van der Waals surface area contributed by atoms with Gasteiger partial charge in [0.1, 0.15) is 17.3 Å². The molecule has 0 aliphatic rings. The highest BCUT2D eigenvalue weighted by molar-refractivity contribution is 6.30. The van der Waals surface area contributed by atoms with Gasteiger partial charge in [0.2, 0.25) is 0 Å². The summed E-state index contributed by atoms with van der Waals surface area (Å²) in [6.45, 7) is 2.66. The Morgan fingerprint density at radius 1 is 1.35 bits per heavy atom. The normalized spacial score (nSPS) is 11.2. The van der Waals surface area contributed by atoms with Crippen molar-refractivity contribution >= 4 is 23.2 Å². The Kier molecular flexibility index (Phi) is 3.27. The van der Waals surface area contributed by atoms with Gasteiger partial charge in [-0.2, -0.15) is 24.7 Å². The highest BCUT2D eigenvalue weighted by atomic mass is 35.5. The van der Waals surface area contributed by atoms with Gasteiger partial charge in [0.05, 0.1) is 6.20 Å². The van der Waals surface area contributed by atoms with Gasteiger partial charge < -0.3 is 5.32 Å². The van der Waals surface area contributed by atoms with Crippen molar-refractivity contribution in [1.29, 1.82) is 0 Å². The van der Waals surface area contributed by atoms with Crippen LogP contribution in [0.25, 0.3) is 5.78 Å². The van der Waals surface area contributed by atoms with Crippen molar-refractivity contribution in [3.05, 3.63) is 35.0 Å². The molecule has 104 valence electrons. The quantitative estimate of drug-likeness (QED) is 0.737. The first-order chi connectivity index (χ1) is 9.65.